The lowest BCUT2D eigenvalue weighted by Crippen LogP contribution is -2.36. The number of benzene rings is 1. The number of H-pyrrole nitrogens is 1. The Kier molecular flexibility index (Phi) is 4.31. The molecule has 0 aliphatic heterocycles. The van der Waals surface area contributed by atoms with E-state index in [0.29, 0.717) is 9.20 Å². The SMILES string of the molecule is Cn1cnc2ccc(/C=c3\s/c(=C/C(=O)C(C)(C)n4cncn4)[nH]c3=O)cc21. The number of hydrogen-bond acceptors (Lipinski definition) is 6. The van der Waals surface area contributed by atoms with E-state index >= 15 is 0 Å². The van der Waals surface area contributed by atoms with Crippen molar-refractivity contribution in [2.45, 2.75) is 19.4 Å². The molecule has 0 fully saturated rings. The molecule has 0 saturated heterocycles. The first-order valence-electron chi connectivity index (χ1n) is 8.58. The number of ketones is 1. The molecule has 0 unspecified atom stereocenters. The lowest BCUT2D eigenvalue weighted by Gasteiger charge is -2.20. The van der Waals surface area contributed by atoms with Crippen molar-refractivity contribution in [3.05, 3.63) is 62.3 Å². The summed E-state index contributed by atoms with van der Waals surface area (Å²) in [4.78, 5) is 35.9. The molecule has 4 rings (SSSR count). The van der Waals surface area contributed by atoms with E-state index in [2.05, 4.69) is 20.1 Å². The van der Waals surface area contributed by atoms with Crippen LogP contribution in [0.3, 0.4) is 0 Å². The largest absolute Gasteiger partial charge is 0.334 e. The Bertz CT molecular complexity index is 1340. The number of rotatable bonds is 4. The van der Waals surface area contributed by atoms with Crippen LogP contribution < -0.4 is 14.8 Å². The maximum absolute atomic E-state index is 12.7. The summed E-state index contributed by atoms with van der Waals surface area (Å²) in [6, 6.07) is 5.81. The van der Waals surface area contributed by atoms with Crippen molar-refractivity contribution in [3.63, 3.8) is 0 Å². The van der Waals surface area contributed by atoms with Crippen LogP contribution in [0.15, 0.2) is 42.0 Å². The van der Waals surface area contributed by atoms with Crippen LogP contribution in [0.5, 0.6) is 0 Å². The predicted octanol–water partition coefficient (Wildman–Crippen LogP) is 0.528. The molecular formula is C19H18N6O2S. The number of Topliss-reactive ketones (excluding diaryl/α,β-unsaturated/α-hetero) is 1. The minimum absolute atomic E-state index is 0.182. The van der Waals surface area contributed by atoms with Gasteiger partial charge < -0.3 is 9.55 Å². The highest BCUT2D eigenvalue weighted by Gasteiger charge is 2.28. The molecule has 0 radical (unpaired) electrons. The first-order chi connectivity index (χ1) is 13.3. The van der Waals surface area contributed by atoms with Crippen molar-refractivity contribution in [1.82, 2.24) is 29.3 Å². The van der Waals surface area contributed by atoms with Crippen LogP contribution in [0.1, 0.15) is 19.4 Å². The molecule has 3 aromatic heterocycles. The molecule has 0 saturated carbocycles. The van der Waals surface area contributed by atoms with Gasteiger partial charge >= 0.3 is 0 Å². The molecule has 28 heavy (non-hydrogen) atoms. The molecule has 0 bridgehead atoms. The Labute approximate surface area is 163 Å². The molecule has 0 aliphatic rings. The highest BCUT2D eigenvalue weighted by molar-refractivity contribution is 7.07. The van der Waals surface area contributed by atoms with E-state index in [4.69, 9.17) is 0 Å². The molecule has 4 aromatic rings. The molecule has 1 aromatic carbocycles. The maximum atomic E-state index is 12.7. The Morgan fingerprint density at radius 1 is 1.29 bits per heavy atom. The van der Waals surface area contributed by atoms with Gasteiger partial charge in [-0.1, -0.05) is 6.07 Å². The van der Waals surface area contributed by atoms with Crippen molar-refractivity contribution in [3.8, 4) is 0 Å². The summed E-state index contributed by atoms with van der Waals surface area (Å²) in [7, 11) is 1.92. The number of aryl methyl sites for hydroxylation is 1. The average molecular weight is 394 g/mol. The third-order valence-corrected chi connectivity index (χ3v) is 5.55. The summed E-state index contributed by atoms with van der Waals surface area (Å²) in [5.74, 6) is -0.182. The van der Waals surface area contributed by atoms with Gasteiger partial charge in [-0.15, -0.1) is 11.3 Å². The minimum Gasteiger partial charge on any atom is -0.334 e. The summed E-state index contributed by atoms with van der Waals surface area (Å²) in [5, 5.41) is 4.04. The molecule has 3 heterocycles. The highest BCUT2D eigenvalue weighted by atomic mass is 32.1. The average Bonchev–Trinajstić information content (AvgIpc) is 3.38. The van der Waals surface area contributed by atoms with Gasteiger partial charge in [0, 0.05) is 13.1 Å². The second-order valence-corrected chi connectivity index (χ2v) is 8.02. The van der Waals surface area contributed by atoms with Crippen molar-refractivity contribution in [2.24, 2.45) is 7.05 Å². The van der Waals surface area contributed by atoms with Gasteiger partial charge in [0.15, 0.2) is 5.78 Å². The Hall–Kier alpha value is -3.33. The number of aromatic nitrogens is 6. The number of hydrogen-bond donors (Lipinski definition) is 1. The number of carbonyl (C=O) groups is 1. The Morgan fingerprint density at radius 3 is 2.86 bits per heavy atom. The molecule has 0 atom stereocenters. The first kappa shape index (κ1) is 18.1. The van der Waals surface area contributed by atoms with E-state index in [1.165, 1.54) is 34.7 Å². The normalized spacial score (nSPS) is 13.5. The van der Waals surface area contributed by atoms with Gasteiger partial charge in [-0.05, 0) is 37.6 Å². The molecule has 1 N–H and O–H groups in total. The smallest absolute Gasteiger partial charge is 0.266 e. The van der Waals surface area contributed by atoms with Gasteiger partial charge in [0.2, 0.25) is 0 Å². The van der Waals surface area contributed by atoms with Gasteiger partial charge in [0.05, 0.1) is 26.6 Å². The Balaban J connectivity index is 1.72. The van der Waals surface area contributed by atoms with Gasteiger partial charge in [0.1, 0.15) is 18.2 Å². The van der Waals surface area contributed by atoms with Gasteiger partial charge in [-0.2, -0.15) is 5.10 Å². The second kappa shape index (κ2) is 6.68. The third-order valence-electron chi connectivity index (χ3n) is 4.58. The second-order valence-electron chi connectivity index (χ2n) is 6.94. The van der Waals surface area contributed by atoms with E-state index in [1.54, 1.807) is 26.3 Å². The van der Waals surface area contributed by atoms with E-state index in [-0.39, 0.29) is 11.3 Å². The monoisotopic (exact) mass is 394 g/mol. The zero-order valence-electron chi connectivity index (χ0n) is 15.6. The topological polar surface area (TPSA) is 98.5 Å². The highest BCUT2D eigenvalue weighted by Crippen LogP contribution is 2.15. The predicted molar refractivity (Wildman–Crippen MR) is 107 cm³/mol. The number of thiazole rings is 1. The lowest BCUT2D eigenvalue weighted by molar-refractivity contribution is -0.120. The fourth-order valence-electron chi connectivity index (χ4n) is 2.81. The van der Waals surface area contributed by atoms with Crippen molar-refractivity contribution < 1.29 is 4.79 Å². The molecule has 0 spiro atoms. The molecule has 0 aliphatic carbocycles. The fourth-order valence-corrected chi connectivity index (χ4v) is 3.70. The molecule has 9 heteroatoms. The van der Waals surface area contributed by atoms with Crippen LogP contribution in [0, 0.1) is 0 Å². The van der Waals surface area contributed by atoms with Crippen LogP contribution in [-0.2, 0) is 17.4 Å². The number of nitrogens with zero attached hydrogens (tertiary/aromatic N) is 5. The zero-order chi connectivity index (χ0) is 19.9. The molecule has 142 valence electrons. The quantitative estimate of drug-likeness (QED) is 0.544. The maximum Gasteiger partial charge on any atom is 0.266 e. The fraction of sp³-hybridized carbons (Fsp3) is 0.211. The van der Waals surface area contributed by atoms with Crippen LogP contribution in [0.4, 0.5) is 0 Å². The first-order valence-corrected chi connectivity index (χ1v) is 9.39. The zero-order valence-corrected chi connectivity index (χ0v) is 16.4. The van der Waals surface area contributed by atoms with Crippen molar-refractivity contribution >= 4 is 40.3 Å². The van der Waals surface area contributed by atoms with Gasteiger partial charge in [-0.25, -0.2) is 14.6 Å². The summed E-state index contributed by atoms with van der Waals surface area (Å²) in [6.45, 7) is 3.50. The molecule has 0 amide bonds. The molecule has 8 nitrogen and oxygen atoms in total. The third kappa shape index (κ3) is 3.20. The van der Waals surface area contributed by atoms with Crippen LogP contribution in [0.2, 0.25) is 0 Å². The summed E-state index contributed by atoms with van der Waals surface area (Å²) < 4.78 is 4.44. The van der Waals surface area contributed by atoms with E-state index in [9.17, 15) is 9.59 Å². The van der Waals surface area contributed by atoms with Gasteiger partial charge in [0.25, 0.3) is 5.56 Å². The number of fused-ring (bicyclic) bond motifs is 1. The minimum atomic E-state index is -0.897. The Morgan fingerprint density at radius 2 is 2.11 bits per heavy atom. The lowest BCUT2D eigenvalue weighted by atomic mass is 10.00. The van der Waals surface area contributed by atoms with E-state index in [1.807, 2.05) is 29.8 Å². The molecular weight excluding hydrogens is 376 g/mol. The number of carbonyl (C=O) groups excluding carboxylic acids is 1. The number of imidazole rings is 1. The summed E-state index contributed by atoms with van der Waals surface area (Å²) in [5.41, 5.74) is 1.65. The number of aromatic amines is 1. The van der Waals surface area contributed by atoms with Crippen LogP contribution >= 0.6 is 11.3 Å². The standard InChI is InChI=1S/C19H18N6O2S/c1-19(2,25-10-20-9-22-25)16(26)8-17-23-18(27)15(28-17)7-12-4-5-13-14(6-12)24(3)11-21-13/h4-11H,1-3H3,(H,23,27)/b15-7-,17-8+. The van der Waals surface area contributed by atoms with Crippen LogP contribution in [0.25, 0.3) is 23.2 Å². The summed E-state index contributed by atoms with van der Waals surface area (Å²) in [6.07, 6.45) is 7.88. The summed E-state index contributed by atoms with van der Waals surface area (Å²) >= 11 is 1.24. The number of nitrogens with one attached hydrogen (secondary N) is 1. The van der Waals surface area contributed by atoms with Gasteiger partial charge in [-0.3, -0.25) is 9.59 Å². The van der Waals surface area contributed by atoms with Crippen molar-refractivity contribution in [1.29, 1.82) is 0 Å². The van der Waals surface area contributed by atoms with Crippen LogP contribution in [-0.4, -0.2) is 35.1 Å². The van der Waals surface area contributed by atoms with E-state index < -0.39 is 5.54 Å². The van der Waals surface area contributed by atoms with Crippen molar-refractivity contribution in [2.75, 3.05) is 0 Å². The van der Waals surface area contributed by atoms with E-state index in [0.717, 1.165) is 16.6 Å².